The summed E-state index contributed by atoms with van der Waals surface area (Å²) in [4.78, 5) is 14.6. The van der Waals surface area contributed by atoms with Crippen LogP contribution in [0.1, 0.15) is 159 Å². The summed E-state index contributed by atoms with van der Waals surface area (Å²) < 4.78 is 39.5. The number of halogens is 1. The number of nitrogens with two attached hydrogens (primary N) is 1. The lowest BCUT2D eigenvalue weighted by atomic mass is 10.0. The number of nitriles is 1. The molecule has 4 atom stereocenters. The molecule has 4 rings (SSSR count). The molecule has 12 heteroatoms. The lowest BCUT2D eigenvalue weighted by Gasteiger charge is -2.20. The summed E-state index contributed by atoms with van der Waals surface area (Å²) in [5.74, 6) is -0.0546. The fourth-order valence-corrected chi connectivity index (χ4v) is 7.23. The molecule has 10 nitrogen and oxygen atoms in total. The van der Waals surface area contributed by atoms with Crippen molar-refractivity contribution in [3.05, 3.63) is 59.3 Å². The van der Waals surface area contributed by atoms with E-state index in [-0.39, 0.29) is 43.7 Å². The Bertz CT molecular complexity index is 1440. The Morgan fingerprint density at radius 3 is 2.27 bits per heavy atom. The molecule has 1 aliphatic rings. The SMILES string of the molecule is CC.CCCCCCCCCCCCCCCCCC(COP(O)OCC1CCC(c2ccc3c(N)ncnn23)O1)OCc1cc(F)cc(C#N)c1. The van der Waals surface area contributed by atoms with Crippen molar-refractivity contribution in [1.82, 2.24) is 14.6 Å². The van der Waals surface area contributed by atoms with E-state index in [0.29, 0.717) is 11.4 Å². The van der Waals surface area contributed by atoms with Gasteiger partial charge in [0.05, 0.1) is 49.4 Å². The highest BCUT2D eigenvalue weighted by atomic mass is 31.2. The van der Waals surface area contributed by atoms with Gasteiger partial charge in [0, 0.05) is 0 Å². The topological polar surface area (TPSA) is 137 Å². The summed E-state index contributed by atoms with van der Waals surface area (Å²) >= 11 is 0. The third-order valence-electron chi connectivity index (χ3n) is 9.39. The third kappa shape index (κ3) is 16.1. The molecular weight excluding hydrogens is 680 g/mol. The molecule has 2 aromatic heterocycles. The Labute approximate surface area is 312 Å². The molecule has 1 aromatic carbocycles. The van der Waals surface area contributed by atoms with Gasteiger partial charge in [-0.1, -0.05) is 117 Å². The number of nitrogens with zero attached hydrogens (tertiary/aromatic N) is 4. The fraction of sp³-hybridized carbons (Fsp3) is 0.675. The number of hydrogen-bond acceptors (Lipinski definition) is 9. The van der Waals surface area contributed by atoms with Crippen molar-refractivity contribution in [2.24, 2.45) is 0 Å². The molecule has 52 heavy (non-hydrogen) atoms. The quantitative estimate of drug-likeness (QED) is 0.0608. The Morgan fingerprint density at radius 2 is 1.62 bits per heavy atom. The van der Waals surface area contributed by atoms with Gasteiger partial charge in [0.15, 0.2) is 5.82 Å². The molecule has 4 unspecified atom stereocenters. The van der Waals surface area contributed by atoms with E-state index in [1.54, 1.807) is 10.6 Å². The van der Waals surface area contributed by atoms with Gasteiger partial charge < -0.3 is 29.1 Å². The second kappa shape index (κ2) is 26.1. The Hall–Kier alpha value is -2.71. The fourth-order valence-electron chi connectivity index (χ4n) is 6.56. The largest absolute Gasteiger partial charge is 0.382 e. The summed E-state index contributed by atoms with van der Waals surface area (Å²) in [5.41, 5.74) is 8.45. The number of hydrogen-bond donors (Lipinski definition) is 2. The molecule has 3 heterocycles. The molecule has 1 aliphatic heterocycles. The van der Waals surface area contributed by atoms with Crippen molar-refractivity contribution < 1.29 is 27.8 Å². The van der Waals surface area contributed by atoms with Crippen molar-refractivity contribution >= 4 is 19.9 Å². The van der Waals surface area contributed by atoms with Crippen LogP contribution in [0.5, 0.6) is 0 Å². The number of rotatable bonds is 26. The van der Waals surface area contributed by atoms with Crippen molar-refractivity contribution in [2.75, 3.05) is 18.9 Å². The molecule has 290 valence electrons. The minimum absolute atomic E-state index is 0.145. The first-order chi connectivity index (χ1) is 25.5. The number of fused-ring (bicyclic) bond motifs is 1. The Morgan fingerprint density at radius 1 is 0.962 bits per heavy atom. The van der Waals surface area contributed by atoms with Crippen molar-refractivity contribution in [1.29, 1.82) is 5.26 Å². The van der Waals surface area contributed by atoms with Crippen LogP contribution in [0.2, 0.25) is 0 Å². The zero-order valence-corrected chi connectivity index (χ0v) is 32.7. The summed E-state index contributed by atoms with van der Waals surface area (Å²) in [5, 5.41) is 13.5. The van der Waals surface area contributed by atoms with E-state index in [1.165, 1.54) is 102 Å². The second-order valence-electron chi connectivity index (χ2n) is 13.5. The van der Waals surface area contributed by atoms with Crippen LogP contribution in [0.15, 0.2) is 36.7 Å². The molecule has 0 saturated carbocycles. The highest BCUT2D eigenvalue weighted by Gasteiger charge is 2.30. The first kappa shape index (κ1) is 43.7. The molecule has 0 bridgehead atoms. The van der Waals surface area contributed by atoms with Gasteiger partial charge in [-0.25, -0.2) is 13.9 Å². The standard InChI is InChI=1S/C38H57FN5O5P.C2H6/c1-2-3-4-5-6-7-8-9-10-11-12-13-14-15-16-17-33(46-26-31-22-30(25-40)23-32(39)24-31)27-47-50(45)48-28-34-18-21-37(49-34)35-19-20-36-38(41)42-29-43-44(35)36;1-2/h19-20,22-24,29,33-34,37,45H,2-18,21,26-28H2,1H3,(H2,41,42,43);1-2H3. The van der Waals surface area contributed by atoms with Crippen molar-refractivity contribution in [3.8, 4) is 6.07 Å². The Balaban J connectivity index is 0.00000358. The summed E-state index contributed by atoms with van der Waals surface area (Å²) in [6.07, 6.45) is 22.4. The number of nitrogen functional groups attached to an aromatic ring is 1. The van der Waals surface area contributed by atoms with Crippen LogP contribution in [-0.4, -0.2) is 44.9 Å². The smallest absolute Gasteiger partial charge is 0.330 e. The van der Waals surface area contributed by atoms with Gasteiger partial charge in [-0.05, 0) is 55.2 Å². The van der Waals surface area contributed by atoms with Gasteiger partial charge in [-0.2, -0.15) is 10.4 Å². The van der Waals surface area contributed by atoms with Gasteiger partial charge in [0.2, 0.25) is 0 Å². The van der Waals surface area contributed by atoms with Crippen LogP contribution >= 0.6 is 8.60 Å². The van der Waals surface area contributed by atoms with E-state index in [2.05, 4.69) is 17.0 Å². The highest BCUT2D eigenvalue weighted by molar-refractivity contribution is 7.40. The van der Waals surface area contributed by atoms with E-state index in [9.17, 15) is 14.5 Å². The first-order valence-corrected chi connectivity index (χ1v) is 20.9. The molecule has 0 spiro atoms. The number of aromatic nitrogens is 3. The molecule has 1 saturated heterocycles. The van der Waals surface area contributed by atoms with Gasteiger partial charge in [-0.3, -0.25) is 0 Å². The van der Waals surface area contributed by atoms with Crippen LogP contribution in [0, 0.1) is 17.1 Å². The van der Waals surface area contributed by atoms with E-state index < -0.39 is 14.4 Å². The van der Waals surface area contributed by atoms with Crippen LogP contribution in [0.4, 0.5) is 10.2 Å². The maximum Gasteiger partial charge on any atom is 0.330 e. The van der Waals surface area contributed by atoms with Crippen LogP contribution < -0.4 is 5.73 Å². The molecule has 0 radical (unpaired) electrons. The Kier molecular flexibility index (Phi) is 22.0. The molecular formula is C40H63FN5O5P. The zero-order valence-electron chi connectivity index (χ0n) is 31.8. The van der Waals surface area contributed by atoms with Gasteiger partial charge in [0.25, 0.3) is 0 Å². The molecule has 1 fully saturated rings. The minimum Gasteiger partial charge on any atom is -0.382 e. The monoisotopic (exact) mass is 743 g/mol. The molecule has 3 aromatic rings. The van der Waals surface area contributed by atoms with Crippen LogP contribution in [0.3, 0.4) is 0 Å². The zero-order chi connectivity index (χ0) is 37.4. The lowest BCUT2D eigenvalue weighted by molar-refractivity contribution is -0.00970. The van der Waals surface area contributed by atoms with Crippen LogP contribution in [0.25, 0.3) is 5.52 Å². The third-order valence-corrected chi connectivity index (χ3v) is 10.1. The average molecular weight is 744 g/mol. The van der Waals surface area contributed by atoms with E-state index in [4.69, 9.17) is 24.3 Å². The lowest BCUT2D eigenvalue weighted by Crippen LogP contribution is -2.20. The normalized spacial score (nSPS) is 16.8. The van der Waals surface area contributed by atoms with Gasteiger partial charge in [0.1, 0.15) is 23.8 Å². The number of benzene rings is 1. The minimum atomic E-state index is -2.14. The number of anilines is 1. The summed E-state index contributed by atoms with van der Waals surface area (Å²) in [6.45, 7) is 6.75. The molecule has 0 aliphatic carbocycles. The summed E-state index contributed by atoms with van der Waals surface area (Å²) in [7, 11) is -2.14. The van der Waals surface area contributed by atoms with E-state index in [0.717, 1.165) is 43.3 Å². The molecule has 0 amide bonds. The van der Waals surface area contributed by atoms with Gasteiger partial charge >= 0.3 is 8.60 Å². The maximum atomic E-state index is 14.0. The summed E-state index contributed by atoms with van der Waals surface area (Å²) in [6, 6.07) is 10.0. The van der Waals surface area contributed by atoms with E-state index >= 15 is 0 Å². The number of ether oxygens (including phenoxy) is 2. The molecule has 3 N–H and O–H groups in total. The predicted molar refractivity (Wildman–Crippen MR) is 206 cm³/mol. The highest BCUT2D eigenvalue weighted by Crippen LogP contribution is 2.38. The van der Waals surface area contributed by atoms with Crippen LogP contribution in [-0.2, 0) is 25.1 Å². The average Bonchev–Trinajstić information content (AvgIpc) is 3.82. The van der Waals surface area contributed by atoms with E-state index in [1.807, 2.05) is 32.0 Å². The second-order valence-corrected chi connectivity index (χ2v) is 14.5. The maximum absolute atomic E-state index is 14.0. The van der Waals surface area contributed by atoms with Crippen molar-refractivity contribution in [3.63, 3.8) is 0 Å². The number of unbranched alkanes of at least 4 members (excludes halogenated alkanes) is 14. The predicted octanol–water partition coefficient (Wildman–Crippen LogP) is 10.7. The van der Waals surface area contributed by atoms with Gasteiger partial charge in [-0.15, -0.1) is 0 Å². The first-order valence-electron chi connectivity index (χ1n) is 19.8. The van der Waals surface area contributed by atoms with Crippen molar-refractivity contribution in [2.45, 2.75) is 161 Å².